The number of piperidine rings is 1. The summed E-state index contributed by atoms with van der Waals surface area (Å²) in [5, 5.41) is 7.09. The topological polar surface area (TPSA) is 50.2 Å². The van der Waals surface area contributed by atoms with Gasteiger partial charge in [0.25, 0.3) is 0 Å². The number of para-hydroxylation sites is 1. The first-order valence-corrected chi connectivity index (χ1v) is 10.9. The van der Waals surface area contributed by atoms with Gasteiger partial charge in [-0.1, -0.05) is 29.8 Å². The van der Waals surface area contributed by atoms with Crippen molar-refractivity contribution in [2.45, 2.75) is 39.2 Å². The zero-order chi connectivity index (χ0) is 21.6. The minimum Gasteiger partial charge on any atom is -0.324 e. The minimum atomic E-state index is -0.397. The second-order valence-electron chi connectivity index (χ2n) is 8.39. The van der Waals surface area contributed by atoms with E-state index in [1.165, 1.54) is 17.2 Å². The van der Waals surface area contributed by atoms with Crippen molar-refractivity contribution in [2.24, 2.45) is 5.92 Å². The smallest absolute Gasteiger partial charge is 0.224 e. The lowest BCUT2D eigenvalue weighted by Crippen LogP contribution is -2.35. The van der Waals surface area contributed by atoms with Gasteiger partial charge in [0.05, 0.1) is 11.4 Å². The van der Waals surface area contributed by atoms with E-state index in [2.05, 4.69) is 40.4 Å². The standard InChI is InChI=1S/C25H29FN4O/c1-19-9-11-24(30-15-5-13-27-30)21(16-19)18-29-14-4-6-20(17-29)10-12-25(31)28-23-8-3-2-7-22(23)26/h2-3,5,7-9,11,13,15-16,20H,4,6,10,12,14,17-18H2,1H3,(H,28,31)/t20-/m1/s1. The number of nitrogens with one attached hydrogen (secondary N) is 1. The number of hydrogen-bond acceptors (Lipinski definition) is 3. The molecule has 1 atom stereocenters. The number of aryl methyl sites for hydroxylation is 1. The van der Waals surface area contributed by atoms with Crippen LogP contribution < -0.4 is 5.32 Å². The van der Waals surface area contributed by atoms with Crippen LogP contribution in [0.25, 0.3) is 5.69 Å². The van der Waals surface area contributed by atoms with Crippen molar-refractivity contribution in [3.05, 3.63) is 77.9 Å². The van der Waals surface area contributed by atoms with Crippen molar-refractivity contribution >= 4 is 11.6 Å². The second-order valence-corrected chi connectivity index (χ2v) is 8.39. The van der Waals surface area contributed by atoms with Crippen LogP contribution in [-0.4, -0.2) is 33.7 Å². The van der Waals surface area contributed by atoms with Crippen molar-refractivity contribution in [2.75, 3.05) is 18.4 Å². The number of benzene rings is 2. The fraction of sp³-hybridized carbons (Fsp3) is 0.360. The number of rotatable bonds is 7. The fourth-order valence-electron chi connectivity index (χ4n) is 4.36. The molecule has 2 heterocycles. The minimum absolute atomic E-state index is 0.123. The van der Waals surface area contributed by atoms with Gasteiger partial charge in [-0.05, 0) is 68.5 Å². The third-order valence-electron chi connectivity index (χ3n) is 5.91. The first kappa shape index (κ1) is 21.2. The maximum Gasteiger partial charge on any atom is 0.224 e. The van der Waals surface area contributed by atoms with Crippen molar-refractivity contribution in [3.63, 3.8) is 0 Å². The summed E-state index contributed by atoms with van der Waals surface area (Å²) in [4.78, 5) is 14.8. The van der Waals surface area contributed by atoms with Crippen molar-refractivity contribution in [1.29, 1.82) is 0 Å². The van der Waals surface area contributed by atoms with Crippen LogP contribution in [0.2, 0.25) is 0 Å². The van der Waals surface area contributed by atoms with Gasteiger partial charge in [-0.3, -0.25) is 9.69 Å². The number of likely N-dealkylation sites (tertiary alicyclic amines) is 1. The van der Waals surface area contributed by atoms with Gasteiger partial charge in [0.2, 0.25) is 5.91 Å². The molecule has 0 bridgehead atoms. The molecular formula is C25H29FN4O. The molecule has 5 nitrogen and oxygen atoms in total. The molecule has 3 aromatic rings. The predicted octanol–water partition coefficient (Wildman–Crippen LogP) is 4.95. The Balaban J connectivity index is 1.34. The van der Waals surface area contributed by atoms with E-state index in [0.29, 0.717) is 12.3 Å². The first-order chi connectivity index (χ1) is 15.1. The third kappa shape index (κ3) is 5.58. The van der Waals surface area contributed by atoms with E-state index >= 15 is 0 Å². The van der Waals surface area contributed by atoms with Gasteiger partial charge >= 0.3 is 0 Å². The number of nitrogens with zero attached hydrogens (tertiary/aromatic N) is 3. The summed E-state index contributed by atoms with van der Waals surface area (Å²) in [6.07, 6.45) is 7.26. The van der Waals surface area contributed by atoms with E-state index in [1.54, 1.807) is 24.4 Å². The molecule has 1 aliphatic rings. The summed E-state index contributed by atoms with van der Waals surface area (Å²) in [5.41, 5.74) is 3.87. The van der Waals surface area contributed by atoms with E-state index in [0.717, 1.165) is 44.6 Å². The van der Waals surface area contributed by atoms with E-state index in [-0.39, 0.29) is 11.6 Å². The zero-order valence-electron chi connectivity index (χ0n) is 17.9. The highest BCUT2D eigenvalue weighted by Crippen LogP contribution is 2.25. The summed E-state index contributed by atoms with van der Waals surface area (Å²) < 4.78 is 15.7. The highest BCUT2D eigenvalue weighted by atomic mass is 19.1. The highest BCUT2D eigenvalue weighted by molar-refractivity contribution is 5.90. The molecule has 1 amide bonds. The molecule has 6 heteroatoms. The molecular weight excluding hydrogens is 391 g/mol. The summed E-state index contributed by atoms with van der Waals surface area (Å²) in [6, 6.07) is 14.7. The lowest BCUT2D eigenvalue weighted by molar-refractivity contribution is -0.116. The Bertz CT molecular complexity index is 1020. The molecule has 0 unspecified atom stereocenters. The van der Waals surface area contributed by atoms with Crippen molar-refractivity contribution < 1.29 is 9.18 Å². The Hall–Kier alpha value is -2.99. The molecule has 0 spiro atoms. The van der Waals surface area contributed by atoms with E-state index in [1.807, 2.05) is 16.9 Å². The van der Waals surface area contributed by atoms with Crippen molar-refractivity contribution in [1.82, 2.24) is 14.7 Å². The molecule has 1 N–H and O–H groups in total. The number of amides is 1. The lowest BCUT2D eigenvalue weighted by Gasteiger charge is -2.33. The van der Waals surface area contributed by atoms with Crippen LogP contribution in [0.5, 0.6) is 0 Å². The van der Waals surface area contributed by atoms with Crippen LogP contribution in [0.1, 0.15) is 36.8 Å². The summed E-state index contributed by atoms with van der Waals surface area (Å²) in [5.74, 6) is -0.0502. The van der Waals surface area contributed by atoms with E-state index < -0.39 is 5.82 Å². The number of hydrogen-bond donors (Lipinski definition) is 1. The zero-order valence-corrected chi connectivity index (χ0v) is 17.9. The molecule has 1 saturated heterocycles. The summed E-state index contributed by atoms with van der Waals surface area (Å²) in [7, 11) is 0. The molecule has 4 rings (SSSR count). The van der Waals surface area contributed by atoms with Crippen LogP contribution in [0.4, 0.5) is 10.1 Å². The molecule has 0 radical (unpaired) electrons. The van der Waals surface area contributed by atoms with Crippen LogP contribution >= 0.6 is 0 Å². The van der Waals surface area contributed by atoms with Gasteiger partial charge in [0.15, 0.2) is 0 Å². The van der Waals surface area contributed by atoms with Gasteiger partial charge in [-0.2, -0.15) is 5.10 Å². The maximum atomic E-state index is 13.7. The Kier molecular flexibility index (Phi) is 6.77. The van der Waals surface area contributed by atoms with Gasteiger partial charge < -0.3 is 5.32 Å². The van der Waals surface area contributed by atoms with Gasteiger partial charge in [0, 0.05) is 31.9 Å². The average Bonchev–Trinajstić information content (AvgIpc) is 3.29. The molecule has 0 aliphatic carbocycles. The maximum absolute atomic E-state index is 13.7. The SMILES string of the molecule is Cc1ccc(-n2cccn2)c(CN2CCC[C@H](CCC(=O)Nc3ccccc3F)C2)c1. The second kappa shape index (κ2) is 9.88. The first-order valence-electron chi connectivity index (χ1n) is 10.9. The quantitative estimate of drug-likeness (QED) is 0.588. The summed E-state index contributed by atoms with van der Waals surface area (Å²) in [6.45, 7) is 5.02. The van der Waals surface area contributed by atoms with Gasteiger partial charge in [-0.15, -0.1) is 0 Å². The van der Waals surface area contributed by atoms with Crippen LogP contribution in [0.15, 0.2) is 60.9 Å². The Morgan fingerprint density at radius 1 is 1.23 bits per heavy atom. The van der Waals surface area contributed by atoms with E-state index in [4.69, 9.17) is 0 Å². The van der Waals surface area contributed by atoms with Crippen LogP contribution in [-0.2, 0) is 11.3 Å². The lowest BCUT2D eigenvalue weighted by atomic mass is 9.92. The molecule has 31 heavy (non-hydrogen) atoms. The van der Waals surface area contributed by atoms with E-state index in [9.17, 15) is 9.18 Å². The molecule has 0 saturated carbocycles. The average molecular weight is 421 g/mol. The number of carbonyl (C=O) groups is 1. The van der Waals surface area contributed by atoms with Crippen LogP contribution in [0.3, 0.4) is 0 Å². The van der Waals surface area contributed by atoms with Gasteiger partial charge in [0.1, 0.15) is 5.82 Å². The Labute approximate surface area is 182 Å². The molecule has 2 aromatic carbocycles. The number of anilines is 1. The predicted molar refractivity (Wildman–Crippen MR) is 121 cm³/mol. The molecule has 162 valence electrons. The number of halogens is 1. The summed E-state index contributed by atoms with van der Waals surface area (Å²) >= 11 is 0. The Morgan fingerprint density at radius 2 is 2.10 bits per heavy atom. The normalized spacial score (nSPS) is 16.9. The molecule has 1 aliphatic heterocycles. The monoisotopic (exact) mass is 420 g/mol. The highest BCUT2D eigenvalue weighted by Gasteiger charge is 2.22. The molecule has 1 aromatic heterocycles. The number of aromatic nitrogens is 2. The fourth-order valence-corrected chi connectivity index (χ4v) is 4.36. The van der Waals surface area contributed by atoms with Gasteiger partial charge in [-0.25, -0.2) is 9.07 Å². The Morgan fingerprint density at radius 3 is 2.90 bits per heavy atom. The third-order valence-corrected chi connectivity index (χ3v) is 5.91. The number of carbonyl (C=O) groups excluding carboxylic acids is 1. The largest absolute Gasteiger partial charge is 0.324 e. The van der Waals surface area contributed by atoms with Crippen molar-refractivity contribution in [3.8, 4) is 5.69 Å². The molecule has 1 fully saturated rings. The van der Waals surface area contributed by atoms with Crippen LogP contribution in [0, 0.1) is 18.7 Å².